The van der Waals surface area contributed by atoms with Crippen molar-refractivity contribution in [2.24, 2.45) is 5.84 Å². The summed E-state index contributed by atoms with van der Waals surface area (Å²) in [5, 5.41) is 10.5. The summed E-state index contributed by atoms with van der Waals surface area (Å²) in [5.74, 6) is 5.59. The van der Waals surface area contributed by atoms with Gasteiger partial charge in [0.05, 0.1) is 11.5 Å². The Hall–Kier alpha value is -1.57. The van der Waals surface area contributed by atoms with Crippen molar-refractivity contribution in [3.63, 3.8) is 0 Å². The van der Waals surface area contributed by atoms with E-state index in [4.69, 9.17) is 22.8 Å². The van der Waals surface area contributed by atoms with Gasteiger partial charge < -0.3 is 9.84 Å². The standard InChI is InChI=1S/C12H12N2O3S2/c1-2-17-9-5-7(3-4-8(9)15)6-10-11(16)14(13)12(18)19-10/h3-6,15H,2,13H2,1H3/b10-6-. The third-order valence-corrected chi connectivity index (χ3v) is 3.74. The Morgan fingerprint density at radius 1 is 1.58 bits per heavy atom. The first-order valence-electron chi connectivity index (χ1n) is 5.51. The second kappa shape index (κ2) is 5.60. The first kappa shape index (κ1) is 13.9. The van der Waals surface area contributed by atoms with Crippen molar-refractivity contribution < 1.29 is 14.6 Å². The number of hydrogen-bond acceptors (Lipinski definition) is 6. The third-order valence-electron chi connectivity index (χ3n) is 2.41. The fourth-order valence-electron chi connectivity index (χ4n) is 1.52. The number of phenolic OH excluding ortho intramolecular Hbond substituents is 1. The molecule has 0 saturated carbocycles. The predicted octanol–water partition coefficient (Wildman–Crippen LogP) is 1.87. The van der Waals surface area contributed by atoms with Gasteiger partial charge >= 0.3 is 0 Å². The summed E-state index contributed by atoms with van der Waals surface area (Å²) in [6.07, 6.45) is 1.66. The van der Waals surface area contributed by atoms with E-state index in [0.717, 1.165) is 22.3 Å². The quantitative estimate of drug-likeness (QED) is 0.384. The summed E-state index contributed by atoms with van der Waals surface area (Å²) in [6.45, 7) is 2.27. The van der Waals surface area contributed by atoms with Crippen LogP contribution in [-0.4, -0.2) is 27.0 Å². The zero-order valence-corrected chi connectivity index (χ0v) is 11.8. The molecular weight excluding hydrogens is 284 g/mol. The smallest absolute Gasteiger partial charge is 0.280 e. The third kappa shape index (κ3) is 2.89. The van der Waals surface area contributed by atoms with Crippen LogP contribution in [0.25, 0.3) is 6.08 Å². The van der Waals surface area contributed by atoms with Crippen molar-refractivity contribution in [3.8, 4) is 11.5 Å². The average Bonchev–Trinajstić information content (AvgIpc) is 2.62. The second-order valence-electron chi connectivity index (χ2n) is 3.71. The average molecular weight is 296 g/mol. The van der Waals surface area contributed by atoms with E-state index in [1.165, 1.54) is 6.07 Å². The minimum atomic E-state index is -0.332. The molecule has 1 heterocycles. The fourth-order valence-corrected chi connectivity index (χ4v) is 2.63. The van der Waals surface area contributed by atoms with E-state index in [2.05, 4.69) is 0 Å². The molecule has 100 valence electrons. The van der Waals surface area contributed by atoms with Crippen LogP contribution >= 0.6 is 24.0 Å². The molecule has 3 N–H and O–H groups in total. The summed E-state index contributed by atoms with van der Waals surface area (Å²) in [5.41, 5.74) is 0.732. The first-order chi connectivity index (χ1) is 9.02. The van der Waals surface area contributed by atoms with Gasteiger partial charge in [-0.3, -0.25) is 4.79 Å². The molecule has 7 heteroatoms. The van der Waals surface area contributed by atoms with Gasteiger partial charge in [0.1, 0.15) is 0 Å². The minimum Gasteiger partial charge on any atom is -0.504 e. The Labute approximate surface area is 120 Å². The Morgan fingerprint density at radius 2 is 2.32 bits per heavy atom. The van der Waals surface area contributed by atoms with Crippen LogP contribution in [0.1, 0.15) is 12.5 Å². The van der Waals surface area contributed by atoms with E-state index < -0.39 is 0 Å². The summed E-state index contributed by atoms with van der Waals surface area (Å²) < 4.78 is 5.60. The highest BCUT2D eigenvalue weighted by atomic mass is 32.2. The highest BCUT2D eigenvalue weighted by molar-refractivity contribution is 8.26. The Bertz CT molecular complexity index is 572. The lowest BCUT2D eigenvalue weighted by atomic mass is 10.2. The molecule has 0 aromatic heterocycles. The topological polar surface area (TPSA) is 75.8 Å². The van der Waals surface area contributed by atoms with Crippen molar-refractivity contribution in [2.45, 2.75) is 6.92 Å². The molecule has 1 saturated heterocycles. The minimum absolute atomic E-state index is 0.0605. The number of rotatable bonds is 3. The number of hydrogen-bond donors (Lipinski definition) is 2. The largest absolute Gasteiger partial charge is 0.504 e. The summed E-state index contributed by atoms with van der Waals surface area (Å²) >= 11 is 6.08. The van der Waals surface area contributed by atoms with Crippen molar-refractivity contribution in [1.29, 1.82) is 0 Å². The predicted molar refractivity (Wildman–Crippen MR) is 78.5 cm³/mol. The van der Waals surface area contributed by atoms with Gasteiger partial charge in [-0.25, -0.2) is 10.9 Å². The molecule has 1 aliphatic heterocycles. The first-order valence-corrected chi connectivity index (χ1v) is 6.74. The molecule has 0 atom stereocenters. The maximum atomic E-state index is 11.7. The van der Waals surface area contributed by atoms with Crippen LogP contribution in [0.15, 0.2) is 23.1 Å². The summed E-state index contributed by atoms with van der Waals surface area (Å²) in [6, 6.07) is 4.85. The van der Waals surface area contributed by atoms with E-state index in [1.54, 1.807) is 18.2 Å². The molecule has 2 rings (SSSR count). The molecular formula is C12H12N2O3S2. The molecule has 5 nitrogen and oxygen atoms in total. The maximum Gasteiger partial charge on any atom is 0.280 e. The van der Waals surface area contributed by atoms with Gasteiger partial charge in [-0.2, -0.15) is 0 Å². The molecule has 1 aromatic carbocycles. The summed E-state index contributed by atoms with van der Waals surface area (Å²) in [4.78, 5) is 12.2. The number of thiocarbonyl (C=S) groups is 1. The van der Waals surface area contributed by atoms with E-state index in [9.17, 15) is 9.90 Å². The van der Waals surface area contributed by atoms with Gasteiger partial charge in [-0.15, -0.1) is 0 Å². The maximum absolute atomic E-state index is 11.7. The van der Waals surface area contributed by atoms with Gasteiger partial charge in [-0.05, 0) is 30.7 Å². The van der Waals surface area contributed by atoms with Crippen LogP contribution in [0, 0.1) is 0 Å². The van der Waals surface area contributed by atoms with Gasteiger partial charge in [0.15, 0.2) is 15.8 Å². The molecule has 0 radical (unpaired) electrons. The van der Waals surface area contributed by atoms with Crippen LogP contribution in [0.2, 0.25) is 0 Å². The number of nitrogens with two attached hydrogens (primary N) is 1. The zero-order valence-electron chi connectivity index (χ0n) is 10.1. The van der Waals surface area contributed by atoms with Gasteiger partial charge in [0, 0.05) is 0 Å². The zero-order chi connectivity index (χ0) is 14.0. The summed E-state index contributed by atoms with van der Waals surface area (Å²) in [7, 11) is 0. The molecule has 0 unspecified atom stereocenters. The second-order valence-corrected chi connectivity index (χ2v) is 5.39. The van der Waals surface area contributed by atoms with Crippen LogP contribution in [-0.2, 0) is 4.79 Å². The van der Waals surface area contributed by atoms with E-state index in [0.29, 0.717) is 21.6 Å². The molecule has 0 aliphatic carbocycles. The Morgan fingerprint density at radius 3 is 2.89 bits per heavy atom. The number of thioether (sulfide) groups is 1. The number of benzene rings is 1. The van der Waals surface area contributed by atoms with Crippen LogP contribution in [0.5, 0.6) is 11.5 Å². The van der Waals surface area contributed by atoms with E-state index in [-0.39, 0.29) is 11.7 Å². The Balaban J connectivity index is 2.31. The van der Waals surface area contributed by atoms with Crippen LogP contribution in [0.4, 0.5) is 0 Å². The molecule has 0 bridgehead atoms. The van der Waals surface area contributed by atoms with Gasteiger partial charge in [-0.1, -0.05) is 30.0 Å². The lowest BCUT2D eigenvalue weighted by Gasteiger charge is -2.06. The van der Waals surface area contributed by atoms with Crippen LogP contribution < -0.4 is 10.6 Å². The number of amides is 1. The van der Waals surface area contributed by atoms with Crippen molar-refractivity contribution in [1.82, 2.24) is 5.01 Å². The molecule has 1 aliphatic rings. The number of carbonyl (C=O) groups excluding carboxylic acids is 1. The van der Waals surface area contributed by atoms with Crippen LogP contribution in [0.3, 0.4) is 0 Å². The highest BCUT2D eigenvalue weighted by Gasteiger charge is 2.29. The van der Waals surface area contributed by atoms with E-state index >= 15 is 0 Å². The Kier molecular flexibility index (Phi) is 4.08. The van der Waals surface area contributed by atoms with Crippen molar-refractivity contribution in [3.05, 3.63) is 28.7 Å². The molecule has 19 heavy (non-hydrogen) atoms. The monoisotopic (exact) mass is 296 g/mol. The number of nitrogens with zero attached hydrogens (tertiary/aromatic N) is 1. The number of ether oxygens (including phenoxy) is 1. The van der Waals surface area contributed by atoms with Crippen molar-refractivity contribution in [2.75, 3.05) is 6.61 Å². The van der Waals surface area contributed by atoms with Crippen molar-refractivity contribution >= 4 is 40.3 Å². The molecule has 0 spiro atoms. The fraction of sp³-hybridized carbons (Fsp3) is 0.167. The number of carbonyl (C=O) groups is 1. The number of aromatic hydroxyl groups is 1. The lowest BCUT2D eigenvalue weighted by molar-refractivity contribution is -0.122. The highest BCUT2D eigenvalue weighted by Crippen LogP contribution is 2.32. The van der Waals surface area contributed by atoms with Gasteiger partial charge in [0.2, 0.25) is 0 Å². The molecule has 1 fully saturated rings. The molecule has 1 amide bonds. The molecule has 1 aromatic rings. The van der Waals surface area contributed by atoms with E-state index in [1.807, 2.05) is 6.92 Å². The lowest BCUT2D eigenvalue weighted by Crippen LogP contribution is -2.34. The number of hydrazine groups is 1. The number of phenols is 1. The van der Waals surface area contributed by atoms with Gasteiger partial charge in [0.25, 0.3) is 5.91 Å². The SMILES string of the molecule is CCOc1cc(/C=C2\SC(=S)N(N)C2=O)ccc1O. The normalized spacial score (nSPS) is 17.4.